The van der Waals surface area contributed by atoms with Gasteiger partial charge in [0, 0.05) is 12.8 Å². The van der Waals surface area contributed by atoms with Gasteiger partial charge in [-0.3, -0.25) is 4.79 Å². The van der Waals surface area contributed by atoms with Crippen LogP contribution in [0.3, 0.4) is 0 Å². The molecular formula is C27H52NO3+. The standard InChI is InChI=1S/C27H52NO3/c1-3-5-6-7-8-9-10-11-12-13-14-15-16-17-18-20-27(29)31-26-25-30-24-23-28(4-2)21-19-22-28/h11-12H,3-10,13-26H2,1-2H3/q+1/b12-11-. The zero-order valence-corrected chi connectivity index (χ0v) is 20.9. The third-order valence-corrected chi connectivity index (χ3v) is 6.78. The second-order valence-electron chi connectivity index (χ2n) is 9.35. The number of carbonyl (C=O) groups excluding carboxylic acids is 1. The van der Waals surface area contributed by atoms with Crippen molar-refractivity contribution < 1.29 is 18.8 Å². The molecule has 0 aromatic rings. The van der Waals surface area contributed by atoms with Crippen LogP contribution in [-0.4, -0.2) is 56.5 Å². The van der Waals surface area contributed by atoms with E-state index in [1.54, 1.807) is 0 Å². The number of hydrogen-bond acceptors (Lipinski definition) is 3. The molecule has 182 valence electrons. The summed E-state index contributed by atoms with van der Waals surface area (Å²) >= 11 is 0. The predicted molar refractivity (Wildman–Crippen MR) is 131 cm³/mol. The summed E-state index contributed by atoms with van der Waals surface area (Å²) in [5, 5.41) is 0. The fourth-order valence-electron chi connectivity index (χ4n) is 4.29. The van der Waals surface area contributed by atoms with Crippen molar-refractivity contribution in [2.24, 2.45) is 0 Å². The number of esters is 1. The summed E-state index contributed by atoms with van der Waals surface area (Å²) in [4.78, 5) is 11.8. The lowest BCUT2D eigenvalue weighted by Crippen LogP contribution is -2.59. The van der Waals surface area contributed by atoms with Crippen LogP contribution < -0.4 is 0 Å². The van der Waals surface area contributed by atoms with Gasteiger partial charge in [0.25, 0.3) is 0 Å². The zero-order valence-electron chi connectivity index (χ0n) is 20.9. The molecule has 0 saturated carbocycles. The summed E-state index contributed by atoms with van der Waals surface area (Å²) in [5.41, 5.74) is 0. The Morgan fingerprint density at radius 1 is 0.774 bits per heavy atom. The number of carbonyl (C=O) groups is 1. The van der Waals surface area contributed by atoms with E-state index in [1.165, 1.54) is 101 Å². The molecule has 0 N–H and O–H groups in total. The molecule has 1 saturated heterocycles. The molecule has 0 aliphatic carbocycles. The summed E-state index contributed by atoms with van der Waals surface area (Å²) < 4.78 is 12.1. The van der Waals surface area contributed by atoms with Crippen molar-refractivity contribution in [3.63, 3.8) is 0 Å². The topological polar surface area (TPSA) is 35.5 Å². The number of hydrogen-bond donors (Lipinski definition) is 0. The lowest BCUT2D eigenvalue weighted by atomic mass is 10.1. The highest BCUT2D eigenvalue weighted by Gasteiger charge is 2.32. The van der Waals surface area contributed by atoms with Crippen LogP contribution in [0.4, 0.5) is 0 Å². The van der Waals surface area contributed by atoms with E-state index in [0.717, 1.165) is 26.0 Å². The molecule has 0 aromatic carbocycles. The third-order valence-electron chi connectivity index (χ3n) is 6.78. The maximum atomic E-state index is 11.8. The highest BCUT2D eigenvalue weighted by atomic mass is 16.6. The molecule has 4 heteroatoms. The number of unbranched alkanes of at least 4 members (excludes halogenated alkanes) is 11. The molecule has 0 bridgehead atoms. The van der Waals surface area contributed by atoms with E-state index >= 15 is 0 Å². The maximum absolute atomic E-state index is 11.8. The second kappa shape index (κ2) is 19.8. The Balaban J connectivity index is 1.77. The summed E-state index contributed by atoms with van der Waals surface area (Å²) in [5.74, 6) is -0.0685. The number of ether oxygens (including phenoxy) is 2. The van der Waals surface area contributed by atoms with Crippen molar-refractivity contribution in [2.45, 2.75) is 110 Å². The Labute approximate surface area is 193 Å². The van der Waals surface area contributed by atoms with Crippen LogP contribution in [0.2, 0.25) is 0 Å². The van der Waals surface area contributed by atoms with Gasteiger partial charge in [-0.25, -0.2) is 0 Å². The van der Waals surface area contributed by atoms with Crippen molar-refractivity contribution >= 4 is 5.97 Å². The molecule has 1 rings (SSSR count). The minimum Gasteiger partial charge on any atom is -0.463 e. The molecule has 1 aliphatic heterocycles. The summed E-state index contributed by atoms with van der Waals surface area (Å²) in [7, 11) is 0. The highest BCUT2D eigenvalue weighted by Crippen LogP contribution is 2.18. The van der Waals surface area contributed by atoms with Gasteiger partial charge in [0.1, 0.15) is 13.2 Å². The monoisotopic (exact) mass is 438 g/mol. The second-order valence-corrected chi connectivity index (χ2v) is 9.35. The Morgan fingerprint density at radius 2 is 1.39 bits per heavy atom. The average Bonchev–Trinajstić information content (AvgIpc) is 2.75. The SMILES string of the molecule is CCCCCCCC/C=C\CCCCCCCC(=O)OCCOCC[N+]1(CC)CCC1. The Morgan fingerprint density at radius 3 is 1.97 bits per heavy atom. The number of allylic oxidation sites excluding steroid dienone is 2. The van der Waals surface area contributed by atoms with Crippen molar-refractivity contribution in [3.8, 4) is 0 Å². The van der Waals surface area contributed by atoms with E-state index in [1.807, 2.05) is 0 Å². The van der Waals surface area contributed by atoms with Crippen LogP contribution >= 0.6 is 0 Å². The van der Waals surface area contributed by atoms with Crippen LogP contribution in [-0.2, 0) is 14.3 Å². The smallest absolute Gasteiger partial charge is 0.305 e. The quantitative estimate of drug-likeness (QED) is 0.0804. The first-order valence-electron chi connectivity index (χ1n) is 13.5. The van der Waals surface area contributed by atoms with E-state index in [9.17, 15) is 4.79 Å². The van der Waals surface area contributed by atoms with Gasteiger partial charge < -0.3 is 14.0 Å². The van der Waals surface area contributed by atoms with Crippen molar-refractivity contribution in [1.82, 2.24) is 0 Å². The first-order valence-corrected chi connectivity index (χ1v) is 13.5. The molecule has 0 aromatic heterocycles. The van der Waals surface area contributed by atoms with Gasteiger partial charge in [-0.1, -0.05) is 70.4 Å². The number of nitrogens with zero attached hydrogens (tertiary/aromatic N) is 1. The summed E-state index contributed by atoms with van der Waals surface area (Å²) in [6, 6.07) is 0. The Bertz CT molecular complexity index is 440. The van der Waals surface area contributed by atoms with E-state index in [2.05, 4.69) is 26.0 Å². The molecule has 1 fully saturated rings. The van der Waals surface area contributed by atoms with Crippen LogP contribution in [0, 0.1) is 0 Å². The third kappa shape index (κ3) is 15.6. The highest BCUT2D eigenvalue weighted by molar-refractivity contribution is 5.69. The molecule has 0 spiro atoms. The fourth-order valence-corrected chi connectivity index (χ4v) is 4.29. The number of likely N-dealkylation sites (N-methyl/N-ethyl adjacent to an activating group) is 1. The lowest BCUT2D eigenvalue weighted by Gasteiger charge is -2.45. The zero-order chi connectivity index (χ0) is 22.5. The first-order chi connectivity index (χ1) is 15.2. The van der Waals surface area contributed by atoms with Crippen LogP contribution in [0.15, 0.2) is 12.2 Å². The fraction of sp³-hybridized carbons (Fsp3) is 0.889. The molecule has 1 heterocycles. The molecule has 0 amide bonds. The van der Waals surface area contributed by atoms with Crippen LogP contribution in [0.25, 0.3) is 0 Å². The van der Waals surface area contributed by atoms with Gasteiger partial charge in [-0.15, -0.1) is 0 Å². The van der Waals surface area contributed by atoms with E-state index in [4.69, 9.17) is 9.47 Å². The minimum absolute atomic E-state index is 0.0685. The Hall–Kier alpha value is -0.870. The first kappa shape index (κ1) is 28.2. The molecule has 0 atom stereocenters. The van der Waals surface area contributed by atoms with Gasteiger partial charge >= 0.3 is 5.97 Å². The number of rotatable bonds is 22. The number of likely N-dealkylation sites (tertiary alicyclic amines) is 1. The molecule has 1 aliphatic rings. The average molecular weight is 439 g/mol. The molecule has 0 radical (unpaired) electrons. The molecule has 31 heavy (non-hydrogen) atoms. The van der Waals surface area contributed by atoms with Crippen LogP contribution in [0.5, 0.6) is 0 Å². The van der Waals surface area contributed by atoms with Crippen molar-refractivity contribution in [3.05, 3.63) is 12.2 Å². The van der Waals surface area contributed by atoms with Gasteiger partial charge in [-0.2, -0.15) is 0 Å². The normalized spacial score (nSPS) is 15.3. The van der Waals surface area contributed by atoms with Gasteiger partial charge in [0.2, 0.25) is 0 Å². The predicted octanol–water partition coefficient (Wildman–Crippen LogP) is 6.82. The molecule has 4 nitrogen and oxygen atoms in total. The minimum atomic E-state index is -0.0685. The van der Waals surface area contributed by atoms with Crippen LogP contribution in [0.1, 0.15) is 110 Å². The van der Waals surface area contributed by atoms with Gasteiger partial charge in [0.05, 0.1) is 32.8 Å². The van der Waals surface area contributed by atoms with Gasteiger partial charge in [-0.05, 0) is 39.0 Å². The van der Waals surface area contributed by atoms with Gasteiger partial charge in [0.15, 0.2) is 0 Å². The van der Waals surface area contributed by atoms with E-state index < -0.39 is 0 Å². The Kier molecular flexibility index (Phi) is 18.0. The molecular weight excluding hydrogens is 386 g/mol. The number of quaternary nitrogens is 1. The van der Waals surface area contributed by atoms with Crippen molar-refractivity contribution in [1.29, 1.82) is 0 Å². The van der Waals surface area contributed by atoms with E-state index in [-0.39, 0.29) is 5.97 Å². The maximum Gasteiger partial charge on any atom is 0.305 e. The largest absolute Gasteiger partial charge is 0.463 e. The summed E-state index contributed by atoms with van der Waals surface area (Å²) in [6.07, 6.45) is 23.2. The molecule has 0 unspecified atom stereocenters. The summed E-state index contributed by atoms with van der Waals surface area (Å²) in [6.45, 7) is 11.1. The lowest BCUT2D eigenvalue weighted by molar-refractivity contribution is -0.962. The van der Waals surface area contributed by atoms with Crippen molar-refractivity contribution in [2.75, 3.05) is 46.0 Å². The van der Waals surface area contributed by atoms with E-state index in [0.29, 0.717) is 19.6 Å².